The van der Waals surface area contributed by atoms with Crippen LogP contribution >= 0.6 is 8.69 Å². The molecule has 0 aliphatic rings. The Morgan fingerprint density at radius 3 is 1.23 bits per heavy atom. The second-order valence-corrected chi connectivity index (χ2v) is 6.69. The number of unbranched alkanes of at least 4 members (excludes halogenated alkanes) is 15. The Balaban J connectivity index is 0. The van der Waals surface area contributed by atoms with Gasteiger partial charge < -0.3 is 0 Å². The third-order valence-corrected chi connectivity index (χ3v) is 4.48. The maximum absolute atomic E-state index is 10.1. The van der Waals surface area contributed by atoms with Crippen molar-refractivity contribution in [3.05, 3.63) is 0 Å². The number of hydrogen-bond acceptors (Lipinski definition) is 2. The fraction of sp³-hybridized carbons (Fsp3) is 1.00. The quantitative estimate of drug-likeness (QED) is 0.187. The maximum Gasteiger partial charge on any atom is 2.00 e. The van der Waals surface area contributed by atoms with E-state index in [4.69, 9.17) is 4.52 Å². The molecule has 0 heterocycles. The molecular formula is C18H38CoO2P+3. The van der Waals surface area contributed by atoms with E-state index in [9.17, 15) is 4.57 Å². The summed E-state index contributed by atoms with van der Waals surface area (Å²) >= 11 is 0. The maximum atomic E-state index is 10.1. The fourth-order valence-electron chi connectivity index (χ4n) is 2.76. The van der Waals surface area contributed by atoms with Crippen molar-refractivity contribution in [1.29, 1.82) is 0 Å². The molecular weight excluding hydrogens is 338 g/mol. The second kappa shape index (κ2) is 23.8. The topological polar surface area (TPSA) is 26.3 Å². The molecule has 0 fully saturated rings. The van der Waals surface area contributed by atoms with Crippen LogP contribution < -0.4 is 0 Å². The van der Waals surface area contributed by atoms with Gasteiger partial charge in [-0.2, -0.15) is 0 Å². The fourth-order valence-corrected chi connectivity index (χ4v) is 2.99. The first-order chi connectivity index (χ1) is 10.4. The molecule has 0 saturated carbocycles. The molecule has 0 aromatic carbocycles. The van der Waals surface area contributed by atoms with E-state index < -0.39 is 8.69 Å². The van der Waals surface area contributed by atoms with E-state index in [-0.39, 0.29) is 16.8 Å². The molecule has 0 aliphatic heterocycles. The summed E-state index contributed by atoms with van der Waals surface area (Å²) < 4.78 is 14.9. The van der Waals surface area contributed by atoms with Crippen LogP contribution in [0.4, 0.5) is 0 Å². The Morgan fingerprint density at radius 2 is 0.909 bits per heavy atom. The van der Waals surface area contributed by atoms with E-state index in [0.717, 1.165) is 6.42 Å². The van der Waals surface area contributed by atoms with Crippen molar-refractivity contribution in [3.8, 4) is 0 Å². The van der Waals surface area contributed by atoms with Gasteiger partial charge >= 0.3 is 25.5 Å². The molecule has 133 valence electrons. The minimum atomic E-state index is -0.581. The van der Waals surface area contributed by atoms with E-state index in [1.807, 2.05) is 0 Å². The van der Waals surface area contributed by atoms with Crippen LogP contribution in [-0.2, 0) is 25.9 Å². The summed E-state index contributed by atoms with van der Waals surface area (Å²) in [6, 6.07) is 0. The van der Waals surface area contributed by atoms with Gasteiger partial charge in [0.15, 0.2) is 0 Å². The molecule has 0 N–H and O–H groups in total. The summed E-state index contributed by atoms with van der Waals surface area (Å²) in [7, 11) is -0.581. The van der Waals surface area contributed by atoms with Crippen LogP contribution in [0.5, 0.6) is 0 Å². The third kappa shape index (κ3) is 22.8. The SMILES string of the molecule is CCCCCCCCCCCCCCCCCCO[PH+]=O.[Co+2]. The van der Waals surface area contributed by atoms with Gasteiger partial charge in [-0.25, -0.2) is 0 Å². The van der Waals surface area contributed by atoms with Crippen LogP contribution in [0.2, 0.25) is 0 Å². The third-order valence-electron chi connectivity index (χ3n) is 4.16. The summed E-state index contributed by atoms with van der Waals surface area (Å²) in [6.07, 6.45) is 22.1. The summed E-state index contributed by atoms with van der Waals surface area (Å²) in [6.45, 7) is 2.95. The Kier molecular flexibility index (Phi) is 26.9. The van der Waals surface area contributed by atoms with Crippen molar-refractivity contribution in [2.75, 3.05) is 6.61 Å². The van der Waals surface area contributed by atoms with Gasteiger partial charge in [0.1, 0.15) is 6.61 Å². The van der Waals surface area contributed by atoms with Crippen LogP contribution in [0.25, 0.3) is 0 Å². The van der Waals surface area contributed by atoms with Gasteiger partial charge in [0.25, 0.3) is 0 Å². The van der Waals surface area contributed by atoms with Crippen molar-refractivity contribution >= 4 is 8.69 Å². The average molecular weight is 376 g/mol. The van der Waals surface area contributed by atoms with Crippen molar-refractivity contribution in [1.82, 2.24) is 0 Å². The van der Waals surface area contributed by atoms with Crippen LogP contribution in [0.3, 0.4) is 0 Å². The average Bonchev–Trinajstić information content (AvgIpc) is 2.50. The van der Waals surface area contributed by atoms with E-state index in [0.29, 0.717) is 6.61 Å². The van der Waals surface area contributed by atoms with E-state index in [1.54, 1.807) is 0 Å². The van der Waals surface area contributed by atoms with Crippen LogP contribution in [0.1, 0.15) is 110 Å². The Bertz CT molecular complexity index is 204. The van der Waals surface area contributed by atoms with E-state index in [1.165, 1.54) is 96.3 Å². The summed E-state index contributed by atoms with van der Waals surface area (Å²) in [5, 5.41) is 0. The molecule has 0 spiro atoms. The summed E-state index contributed by atoms with van der Waals surface area (Å²) in [4.78, 5) is 0. The molecule has 0 aliphatic carbocycles. The first kappa shape index (κ1) is 24.8. The zero-order chi connectivity index (χ0) is 15.4. The molecule has 0 aromatic rings. The van der Waals surface area contributed by atoms with Crippen LogP contribution in [0.15, 0.2) is 0 Å². The smallest absolute Gasteiger partial charge is 0.148 e. The van der Waals surface area contributed by atoms with Crippen molar-refractivity contribution in [2.24, 2.45) is 0 Å². The molecule has 0 saturated heterocycles. The van der Waals surface area contributed by atoms with Gasteiger partial charge in [-0.3, -0.25) is 0 Å². The molecule has 1 radical (unpaired) electrons. The monoisotopic (exact) mass is 376 g/mol. The molecule has 0 bridgehead atoms. The Labute approximate surface area is 151 Å². The zero-order valence-electron chi connectivity index (χ0n) is 14.7. The van der Waals surface area contributed by atoms with Crippen molar-refractivity contribution < 1.29 is 25.9 Å². The largest absolute Gasteiger partial charge is 2.00 e. The summed E-state index contributed by atoms with van der Waals surface area (Å²) in [5.74, 6) is 0. The van der Waals surface area contributed by atoms with Gasteiger partial charge in [0.2, 0.25) is 0 Å². The van der Waals surface area contributed by atoms with Gasteiger partial charge in [-0.15, -0.1) is 4.52 Å². The standard InChI is InChI=1S/C18H38O2P.Co/c1-2-3-4-5-6-7-8-9-10-11-12-13-14-15-16-17-18-20-21-19;/h21H,2-18H2,1H3;/q+1;+2. The van der Waals surface area contributed by atoms with Crippen LogP contribution in [0, 0.1) is 0 Å². The van der Waals surface area contributed by atoms with Crippen molar-refractivity contribution in [3.63, 3.8) is 0 Å². The molecule has 0 aromatic heterocycles. The first-order valence-corrected chi connectivity index (χ1v) is 10.2. The van der Waals surface area contributed by atoms with Gasteiger partial charge in [0.05, 0.1) is 0 Å². The van der Waals surface area contributed by atoms with E-state index in [2.05, 4.69) is 6.92 Å². The zero-order valence-corrected chi connectivity index (χ0v) is 16.7. The Morgan fingerprint density at radius 1 is 0.591 bits per heavy atom. The predicted molar refractivity (Wildman–Crippen MR) is 94.5 cm³/mol. The number of hydrogen-bond donors (Lipinski definition) is 0. The van der Waals surface area contributed by atoms with Crippen LogP contribution in [-0.4, -0.2) is 6.61 Å². The van der Waals surface area contributed by atoms with Gasteiger partial charge in [-0.05, 0) is 11.0 Å². The molecule has 4 heteroatoms. The first-order valence-electron chi connectivity index (χ1n) is 9.40. The summed E-state index contributed by atoms with van der Waals surface area (Å²) in [5.41, 5.74) is 0. The second-order valence-electron chi connectivity index (χ2n) is 6.24. The predicted octanol–water partition coefficient (Wildman–Crippen LogP) is 7.20. The molecule has 1 unspecified atom stereocenters. The van der Waals surface area contributed by atoms with E-state index >= 15 is 0 Å². The minimum absolute atomic E-state index is 0. The normalized spacial score (nSPS) is 10.8. The molecule has 22 heavy (non-hydrogen) atoms. The minimum Gasteiger partial charge on any atom is -0.148 e. The molecule has 0 rings (SSSR count). The Hall–Kier alpha value is 0.566. The van der Waals surface area contributed by atoms with Gasteiger partial charge in [-0.1, -0.05) is 103 Å². The molecule has 2 nitrogen and oxygen atoms in total. The van der Waals surface area contributed by atoms with Gasteiger partial charge in [0, 0.05) is 0 Å². The van der Waals surface area contributed by atoms with Crippen molar-refractivity contribution in [2.45, 2.75) is 110 Å². The molecule has 1 atom stereocenters. The molecule has 0 amide bonds. The number of rotatable bonds is 18.